The van der Waals surface area contributed by atoms with Gasteiger partial charge in [0.15, 0.2) is 0 Å². The lowest BCUT2D eigenvalue weighted by Crippen LogP contribution is -2.27. The summed E-state index contributed by atoms with van der Waals surface area (Å²) >= 11 is 0. The maximum atomic E-state index is 13.4. The molecule has 0 aliphatic carbocycles. The molecule has 0 amide bonds. The largest absolute Gasteiger partial charge is 0.376 e. The van der Waals surface area contributed by atoms with Gasteiger partial charge in [0.05, 0.1) is 17.1 Å². The molecule has 0 saturated carbocycles. The number of anilines is 1. The molecule has 1 saturated heterocycles. The zero-order chi connectivity index (χ0) is 13.3. The average molecular weight is 258 g/mol. The number of benzene rings is 1. The molecule has 0 radical (unpaired) electrons. The van der Waals surface area contributed by atoms with Crippen LogP contribution in [0.4, 0.5) is 20.2 Å². The van der Waals surface area contributed by atoms with Crippen molar-refractivity contribution in [3.8, 4) is 0 Å². The third-order valence-corrected chi connectivity index (χ3v) is 2.93. The summed E-state index contributed by atoms with van der Waals surface area (Å²) in [5, 5.41) is 13.6. The van der Waals surface area contributed by atoms with Crippen LogP contribution < -0.4 is 5.32 Å². The monoisotopic (exact) mass is 258 g/mol. The quantitative estimate of drug-likeness (QED) is 0.668. The lowest BCUT2D eigenvalue weighted by atomic mass is 10.1. The van der Waals surface area contributed by atoms with Gasteiger partial charge in [0, 0.05) is 18.7 Å². The van der Waals surface area contributed by atoms with Gasteiger partial charge in [-0.05, 0) is 13.3 Å². The fraction of sp³-hybridized carbons (Fsp3) is 0.455. The second-order valence-corrected chi connectivity index (χ2v) is 4.16. The van der Waals surface area contributed by atoms with E-state index in [0.717, 1.165) is 6.07 Å². The highest BCUT2D eigenvalue weighted by molar-refractivity contribution is 5.62. The highest BCUT2D eigenvalue weighted by atomic mass is 19.1. The van der Waals surface area contributed by atoms with Crippen molar-refractivity contribution >= 4 is 11.4 Å². The molecule has 18 heavy (non-hydrogen) atoms. The molecule has 1 heterocycles. The van der Waals surface area contributed by atoms with Crippen molar-refractivity contribution in [2.45, 2.75) is 25.5 Å². The Morgan fingerprint density at radius 1 is 1.50 bits per heavy atom. The maximum absolute atomic E-state index is 13.4. The average Bonchev–Trinajstić information content (AvgIpc) is 2.62. The zero-order valence-corrected chi connectivity index (χ0v) is 9.65. The standard InChI is InChI=1S/C11H12F2N2O3/c1-6-9(2-3-18-6)14-10-5-7(12)4-8(13)11(10)15(16)17/h4-6,9,14H,2-3H2,1H3. The molecule has 1 aromatic carbocycles. The van der Waals surface area contributed by atoms with Crippen molar-refractivity contribution in [2.24, 2.45) is 0 Å². The molecule has 0 spiro atoms. The summed E-state index contributed by atoms with van der Waals surface area (Å²) in [6, 6.07) is 1.23. The number of hydrogen-bond acceptors (Lipinski definition) is 4. The molecule has 2 rings (SSSR count). The number of ether oxygens (including phenoxy) is 1. The summed E-state index contributed by atoms with van der Waals surface area (Å²) in [6.07, 6.45) is 0.479. The lowest BCUT2D eigenvalue weighted by molar-refractivity contribution is -0.386. The number of rotatable bonds is 3. The minimum absolute atomic E-state index is 0.153. The van der Waals surface area contributed by atoms with Crippen LogP contribution in [-0.2, 0) is 4.74 Å². The van der Waals surface area contributed by atoms with Crippen molar-refractivity contribution in [3.05, 3.63) is 33.9 Å². The van der Waals surface area contributed by atoms with E-state index < -0.39 is 22.2 Å². The minimum atomic E-state index is -1.19. The van der Waals surface area contributed by atoms with E-state index in [4.69, 9.17) is 4.74 Å². The first-order valence-corrected chi connectivity index (χ1v) is 5.50. The smallest absolute Gasteiger partial charge is 0.327 e. The SMILES string of the molecule is CC1OCCC1Nc1cc(F)cc(F)c1[N+](=O)[O-]. The molecule has 98 valence electrons. The van der Waals surface area contributed by atoms with Gasteiger partial charge in [-0.1, -0.05) is 0 Å². The Labute approximate surface area is 102 Å². The molecule has 0 aromatic heterocycles. The van der Waals surface area contributed by atoms with Crippen molar-refractivity contribution < 1.29 is 18.4 Å². The predicted molar refractivity (Wildman–Crippen MR) is 60.5 cm³/mol. The number of nitro groups is 1. The van der Waals surface area contributed by atoms with E-state index in [2.05, 4.69) is 5.32 Å². The van der Waals surface area contributed by atoms with Crippen LogP contribution in [0.3, 0.4) is 0 Å². The van der Waals surface area contributed by atoms with Crippen LogP contribution in [0.15, 0.2) is 12.1 Å². The van der Waals surface area contributed by atoms with Crippen LogP contribution >= 0.6 is 0 Å². The highest BCUT2D eigenvalue weighted by Gasteiger charge is 2.28. The Balaban J connectivity index is 2.33. The molecular weight excluding hydrogens is 246 g/mol. The summed E-state index contributed by atoms with van der Waals surface area (Å²) in [7, 11) is 0. The minimum Gasteiger partial charge on any atom is -0.376 e. The Morgan fingerprint density at radius 2 is 2.22 bits per heavy atom. The molecule has 1 N–H and O–H groups in total. The van der Waals surface area contributed by atoms with E-state index in [-0.39, 0.29) is 17.8 Å². The molecule has 1 fully saturated rings. The molecule has 5 nitrogen and oxygen atoms in total. The van der Waals surface area contributed by atoms with Gasteiger partial charge in [0.1, 0.15) is 11.5 Å². The Hall–Kier alpha value is -1.76. The highest BCUT2D eigenvalue weighted by Crippen LogP contribution is 2.31. The van der Waals surface area contributed by atoms with Gasteiger partial charge >= 0.3 is 5.69 Å². The third kappa shape index (κ3) is 2.40. The molecular formula is C11H12F2N2O3. The Kier molecular flexibility index (Phi) is 3.42. The van der Waals surface area contributed by atoms with E-state index in [1.165, 1.54) is 0 Å². The van der Waals surface area contributed by atoms with Gasteiger partial charge in [-0.2, -0.15) is 4.39 Å². The van der Waals surface area contributed by atoms with E-state index in [9.17, 15) is 18.9 Å². The van der Waals surface area contributed by atoms with Gasteiger partial charge in [-0.25, -0.2) is 4.39 Å². The summed E-state index contributed by atoms with van der Waals surface area (Å²) < 4.78 is 31.8. The molecule has 2 unspecified atom stereocenters. The van der Waals surface area contributed by atoms with Gasteiger partial charge < -0.3 is 10.1 Å². The van der Waals surface area contributed by atoms with Crippen LogP contribution in [0.2, 0.25) is 0 Å². The number of nitro benzene ring substituents is 1. The van der Waals surface area contributed by atoms with Gasteiger partial charge in [0.25, 0.3) is 0 Å². The fourth-order valence-electron chi connectivity index (χ4n) is 1.98. The van der Waals surface area contributed by atoms with E-state index in [0.29, 0.717) is 19.1 Å². The summed E-state index contributed by atoms with van der Waals surface area (Å²) in [4.78, 5) is 9.92. The van der Waals surface area contributed by atoms with Crippen molar-refractivity contribution in [2.75, 3.05) is 11.9 Å². The lowest BCUT2D eigenvalue weighted by Gasteiger charge is -2.17. The molecule has 1 aliphatic heterocycles. The number of nitrogens with zero attached hydrogens (tertiary/aromatic N) is 1. The van der Waals surface area contributed by atoms with E-state index >= 15 is 0 Å². The second kappa shape index (κ2) is 4.85. The Morgan fingerprint density at radius 3 is 2.78 bits per heavy atom. The van der Waals surface area contributed by atoms with Crippen LogP contribution in [0.25, 0.3) is 0 Å². The van der Waals surface area contributed by atoms with Gasteiger partial charge in [-0.15, -0.1) is 0 Å². The van der Waals surface area contributed by atoms with Crippen molar-refractivity contribution in [3.63, 3.8) is 0 Å². The topological polar surface area (TPSA) is 64.4 Å². The van der Waals surface area contributed by atoms with Crippen LogP contribution in [0.5, 0.6) is 0 Å². The molecule has 7 heteroatoms. The zero-order valence-electron chi connectivity index (χ0n) is 9.65. The normalized spacial score (nSPS) is 23.1. The molecule has 1 aromatic rings. The van der Waals surface area contributed by atoms with Crippen molar-refractivity contribution in [1.82, 2.24) is 0 Å². The maximum Gasteiger partial charge on any atom is 0.327 e. The number of halogens is 2. The summed E-state index contributed by atoms with van der Waals surface area (Å²) in [5.41, 5.74) is -0.893. The van der Waals surface area contributed by atoms with Crippen molar-refractivity contribution in [1.29, 1.82) is 0 Å². The summed E-state index contributed by atoms with van der Waals surface area (Å²) in [6.45, 7) is 2.32. The molecule has 1 aliphatic rings. The van der Waals surface area contributed by atoms with Gasteiger partial charge in [-0.3, -0.25) is 10.1 Å². The number of hydrogen-bond donors (Lipinski definition) is 1. The summed E-state index contributed by atoms with van der Waals surface area (Å²) in [5.74, 6) is -2.04. The first-order valence-electron chi connectivity index (χ1n) is 5.50. The van der Waals surface area contributed by atoms with Gasteiger partial charge in [0.2, 0.25) is 5.82 Å². The van der Waals surface area contributed by atoms with Crippen LogP contribution in [0, 0.1) is 21.7 Å². The van der Waals surface area contributed by atoms with E-state index in [1.807, 2.05) is 0 Å². The predicted octanol–water partition coefficient (Wildman–Crippen LogP) is 2.46. The Bertz CT molecular complexity index is 482. The third-order valence-electron chi connectivity index (χ3n) is 2.93. The number of nitrogens with one attached hydrogen (secondary N) is 1. The molecule has 2 atom stereocenters. The molecule has 0 bridgehead atoms. The van der Waals surface area contributed by atoms with Crippen LogP contribution in [0.1, 0.15) is 13.3 Å². The van der Waals surface area contributed by atoms with Crippen LogP contribution in [-0.4, -0.2) is 23.7 Å². The second-order valence-electron chi connectivity index (χ2n) is 4.16. The fourth-order valence-corrected chi connectivity index (χ4v) is 1.98. The first kappa shape index (κ1) is 12.7. The van der Waals surface area contributed by atoms with E-state index in [1.54, 1.807) is 6.92 Å². The first-order chi connectivity index (χ1) is 8.49.